The minimum atomic E-state index is -6.62. The summed E-state index contributed by atoms with van der Waals surface area (Å²) in [5.74, 6) is -27.5. The molecule has 0 amide bonds. The molecular formula is C12H7F6O7-. The van der Waals surface area contributed by atoms with Crippen molar-refractivity contribution >= 4 is 17.9 Å². The SMILES string of the molecule is O=C1OC2C(OC(=O)C(F)(F)C(F)(F)C(F)(F)C(=O)[O-])C3CC1C2O3. The summed E-state index contributed by atoms with van der Waals surface area (Å²) in [4.78, 5) is 32.8. The molecule has 0 aromatic heterocycles. The number of ether oxygens (including phenoxy) is 3. The van der Waals surface area contributed by atoms with Crippen LogP contribution in [0.15, 0.2) is 0 Å². The fourth-order valence-electron chi connectivity index (χ4n) is 3.03. The van der Waals surface area contributed by atoms with E-state index < -0.39 is 66.0 Å². The highest BCUT2D eigenvalue weighted by molar-refractivity contribution is 5.83. The summed E-state index contributed by atoms with van der Waals surface area (Å²) in [5, 5.41) is 10.0. The Labute approximate surface area is 133 Å². The molecule has 2 bridgehead atoms. The Hall–Kier alpha value is -2.05. The predicted molar refractivity (Wildman–Crippen MR) is 56.4 cm³/mol. The molecule has 0 N–H and O–H groups in total. The number of carboxylic acid groups (broad SMARTS) is 1. The van der Waals surface area contributed by atoms with E-state index in [0.717, 1.165) is 0 Å². The third kappa shape index (κ3) is 2.14. The Bertz CT molecular complexity index is 650. The number of hydrogen-bond donors (Lipinski definition) is 0. The van der Waals surface area contributed by atoms with Gasteiger partial charge in [0.05, 0.1) is 12.0 Å². The van der Waals surface area contributed by atoms with E-state index in [-0.39, 0.29) is 6.42 Å². The van der Waals surface area contributed by atoms with E-state index >= 15 is 0 Å². The second-order valence-electron chi connectivity index (χ2n) is 5.76. The van der Waals surface area contributed by atoms with Gasteiger partial charge in [-0.25, -0.2) is 4.79 Å². The number of carbonyl (C=O) groups is 3. The quantitative estimate of drug-likeness (QED) is 0.460. The van der Waals surface area contributed by atoms with Crippen molar-refractivity contribution in [2.24, 2.45) is 5.92 Å². The first-order valence-electron chi connectivity index (χ1n) is 6.74. The zero-order chi connectivity index (χ0) is 18.9. The minimum Gasteiger partial charge on any atom is -0.544 e. The Morgan fingerprint density at radius 3 is 2.24 bits per heavy atom. The number of alkyl halides is 6. The van der Waals surface area contributed by atoms with Crippen LogP contribution in [0.4, 0.5) is 26.3 Å². The number of esters is 2. The number of rotatable bonds is 5. The van der Waals surface area contributed by atoms with Gasteiger partial charge in [0.2, 0.25) is 0 Å². The van der Waals surface area contributed by atoms with Crippen LogP contribution in [-0.4, -0.2) is 60.1 Å². The Balaban J connectivity index is 1.79. The largest absolute Gasteiger partial charge is 0.544 e. The van der Waals surface area contributed by atoms with Crippen LogP contribution < -0.4 is 5.11 Å². The first kappa shape index (κ1) is 17.8. The van der Waals surface area contributed by atoms with Gasteiger partial charge in [-0.2, -0.15) is 26.3 Å². The molecular weight excluding hydrogens is 370 g/mol. The van der Waals surface area contributed by atoms with Gasteiger partial charge in [0, 0.05) is 0 Å². The number of fused-ring (bicyclic) bond motifs is 1. The molecule has 3 aliphatic rings. The summed E-state index contributed by atoms with van der Waals surface area (Å²) < 4.78 is 93.3. The van der Waals surface area contributed by atoms with Crippen LogP contribution >= 0.6 is 0 Å². The molecule has 7 nitrogen and oxygen atoms in total. The molecule has 3 rings (SSSR count). The second kappa shape index (κ2) is 4.99. The average molecular weight is 377 g/mol. The van der Waals surface area contributed by atoms with E-state index in [1.54, 1.807) is 0 Å². The van der Waals surface area contributed by atoms with E-state index in [1.165, 1.54) is 0 Å². The van der Waals surface area contributed by atoms with Crippen LogP contribution in [0.5, 0.6) is 0 Å². The normalized spacial score (nSPS) is 34.2. The smallest absolute Gasteiger partial charge is 0.411 e. The fourth-order valence-corrected chi connectivity index (χ4v) is 3.03. The Morgan fingerprint density at radius 2 is 1.68 bits per heavy atom. The van der Waals surface area contributed by atoms with E-state index in [9.17, 15) is 45.8 Å². The van der Waals surface area contributed by atoms with E-state index in [2.05, 4.69) is 4.74 Å². The number of hydrogen-bond acceptors (Lipinski definition) is 7. The molecule has 0 spiro atoms. The molecule has 13 heteroatoms. The lowest BCUT2D eigenvalue weighted by atomic mass is 9.88. The molecule has 3 aliphatic heterocycles. The number of aliphatic carboxylic acids is 1. The molecule has 3 heterocycles. The van der Waals surface area contributed by atoms with Gasteiger partial charge >= 0.3 is 29.7 Å². The lowest BCUT2D eigenvalue weighted by molar-refractivity contribution is -0.366. The summed E-state index contributed by atoms with van der Waals surface area (Å²) in [6.45, 7) is 0. The van der Waals surface area contributed by atoms with Crippen LogP contribution in [-0.2, 0) is 28.6 Å². The van der Waals surface area contributed by atoms with E-state index in [0.29, 0.717) is 0 Å². The zero-order valence-electron chi connectivity index (χ0n) is 11.7. The Morgan fingerprint density at radius 1 is 1.08 bits per heavy atom. The van der Waals surface area contributed by atoms with Crippen molar-refractivity contribution in [3.8, 4) is 0 Å². The van der Waals surface area contributed by atoms with Gasteiger partial charge in [0.1, 0.15) is 12.1 Å². The highest BCUT2D eigenvalue weighted by Gasteiger charge is 2.77. The molecule has 25 heavy (non-hydrogen) atoms. The van der Waals surface area contributed by atoms with Gasteiger partial charge < -0.3 is 24.1 Å². The molecule has 0 saturated carbocycles. The first-order valence-corrected chi connectivity index (χ1v) is 6.74. The average Bonchev–Trinajstić information content (AvgIpc) is 3.11. The van der Waals surface area contributed by atoms with Gasteiger partial charge in [0.25, 0.3) is 0 Å². The maximum atomic E-state index is 13.5. The summed E-state index contributed by atoms with van der Waals surface area (Å²) in [6.07, 6.45) is -5.14. The van der Waals surface area contributed by atoms with Crippen LogP contribution in [0.2, 0.25) is 0 Å². The summed E-state index contributed by atoms with van der Waals surface area (Å²) in [5.41, 5.74) is 0. The number of carboxylic acids is 1. The van der Waals surface area contributed by atoms with Crippen molar-refractivity contribution in [3.05, 3.63) is 0 Å². The highest BCUT2D eigenvalue weighted by Crippen LogP contribution is 2.50. The van der Waals surface area contributed by atoms with Gasteiger partial charge in [-0.1, -0.05) is 0 Å². The van der Waals surface area contributed by atoms with Crippen molar-refractivity contribution in [2.75, 3.05) is 0 Å². The van der Waals surface area contributed by atoms with Gasteiger partial charge in [0.15, 0.2) is 12.2 Å². The van der Waals surface area contributed by atoms with Crippen LogP contribution in [0.3, 0.4) is 0 Å². The molecule has 140 valence electrons. The third-order valence-corrected chi connectivity index (χ3v) is 4.33. The predicted octanol–water partition coefficient (Wildman–Crippen LogP) is -0.733. The first-order chi connectivity index (χ1) is 11.3. The number of carbonyl (C=O) groups excluding carboxylic acids is 3. The third-order valence-electron chi connectivity index (χ3n) is 4.33. The maximum absolute atomic E-state index is 13.5. The second-order valence-corrected chi connectivity index (χ2v) is 5.76. The standard InChI is InChI=1S/C12H8F6O7/c13-10(14,8(20)21)12(17,18)11(15,16)9(22)25-5-3-1-2-4(23-3)6(5)24-7(2)19/h2-6H,1H2,(H,20,21)/p-1. The van der Waals surface area contributed by atoms with Crippen LogP contribution in [0.1, 0.15) is 6.42 Å². The van der Waals surface area contributed by atoms with Gasteiger partial charge in [-0.3, -0.25) is 4.79 Å². The molecule has 0 aromatic carbocycles. The van der Waals surface area contributed by atoms with Gasteiger partial charge in [-0.15, -0.1) is 0 Å². The topological polar surface area (TPSA) is 102 Å². The van der Waals surface area contributed by atoms with Crippen LogP contribution in [0, 0.1) is 5.92 Å². The highest BCUT2D eigenvalue weighted by atomic mass is 19.3. The van der Waals surface area contributed by atoms with Crippen LogP contribution in [0.25, 0.3) is 0 Å². The molecule has 3 fully saturated rings. The molecule has 5 atom stereocenters. The molecule has 0 radical (unpaired) electrons. The molecule has 3 saturated heterocycles. The zero-order valence-corrected chi connectivity index (χ0v) is 11.7. The lowest BCUT2D eigenvalue weighted by Gasteiger charge is -2.33. The van der Waals surface area contributed by atoms with Gasteiger partial charge in [-0.05, 0) is 6.42 Å². The van der Waals surface area contributed by atoms with Crippen molar-refractivity contribution < 1.29 is 60.0 Å². The molecule has 0 aliphatic carbocycles. The van der Waals surface area contributed by atoms with E-state index in [4.69, 9.17) is 9.47 Å². The van der Waals surface area contributed by atoms with E-state index in [1.807, 2.05) is 0 Å². The van der Waals surface area contributed by atoms with Crippen molar-refractivity contribution in [3.63, 3.8) is 0 Å². The van der Waals surface area contributed by atoms with Crippen molar-refractivity contribution in [2.45, 2.75) is 48.6 Å². The molecule has 0 aromatic rings. The minimum absolute atomic E-state index is 0.0882. The molecule has 5 unspecified atom stereocenters. The summed E-state index contributed by atoms with van der Waals surface area (Å²) in [7, 11) is 0. The maximum Gasteiger partial charge on any atom is 0.411 e. The van der Waals surface area contributed by atoms with Crippen molar-refractivity contribution in [1.82, 2.24) is 0 Å². The fraction of sp³-hybridized carbons (Fsp3) is 0.750. The summed E-state index contributed by atoms with van der Waals surface area (Å²) >= 11 is 0. The Kier molecular flexibility index (Phi) is 3.54. The number of halogens is 6. The summed E-state index contributed by atoms with van der Waals surface area (Å²) in [6, 6.07) is 0. The van der Waals surface area contributed by atoms with Crippen molar-refractivity contribution in [1.29, 1.82) is 0 Å². The monoisotopic (exact) mass is 377 g/mol. The lowest BCUT2D eigenvalue weighted by Crippen LogP contribution is -2.64.